The zero-order valence-electron chi connectivity index (χ0n) is 16.3. The van der Waals surface area contributed by atoms with Gasteiger partial charge in [-0.15, -0.1) is 0 Å². The van der Waals surface area contributed by atoms with Crippen molar-refractivity contribution < 1.29 is 9.47 Å². The summed E-state index contributed by atoms with van der Waals surface area (Å²) in [4.78, 5) is 0. The Morgan fingerprint density at radius 3 is 2.59 bits per heavy atom. The van der Waals surface area contributed by atoms with Gasteiger partial charge in [-0.3, -0.25) is 0 Å². The number of hydrogen-bond donors (Lipinski definition) is 1. The van der Waals surface area contributed by atoms with Gasteiger partial charge in [-0.1, -0.05) is 54.6 Å². The second kappa shape index (κ2) is 10.1. The highest BCUT2D eigenvalue weighted by molar-refractivity contribution is 5.87. The quantitative estimate of drug-likeness (QED) is 0.500. The molecule has 3 heteroatoms. The van der Waals surface area contributed by atoms with Crippen molar-refractivity contribution in [1.82, 2.24) is 5.32 Å². The Labute approximate surface area is 162 Å². The average molecular weight is 364 g/mol. The van der Waals surface area contributed by atoms with Gasteiger partial charge in [-0.2, -0.15) is 0 Å². The number of benzene rings is 3. The number of aryl methyl sites for hydroxylation is 1. The number of hydrogen-bond acceptors (Lipinski definition) is 3. The Kier molecular flexibility index (Phi) is 7.26. The first-order valence-electron chi connectivity index (χ1n) is 9.76. The van der Waals surface area contributed by atoms with Crippen LogP contribution in [0, 0.1) is 6.92 Å². The van der Waals surface area contributed by atoms with E-state index in [9.17, 15) is 0 Å². The molecule has 0 aliphatic carbocycles. The van der Waals surface area contributed by atoms with Gasteiger partial charge in [0, 0.05) is 25.3 Å². The van der Waals surface area contributed by atoms with Crippen molar-refractivity contribution in [3.63, 3.8) is 0 Å². The minimum atomic E-state index is 0.586. The first kappa shape index (κ1) is 19.4. The van der Waals surface area contributed by atoms with Crippen molar-refractivity contribution in [2.24, 2.45) is 0 Å². The molecule has 0 aliphatic rings. The lowest BCUT2D eigenvalue weighted by atomic mass is 10.0. The lowest BCUT2D eigenvalue weighted by Crippen LogP contribution is -2.17. The Morgan fingerprint density at radius 2 is 1.74 bits per heavy atom. The van der Waals surface area contributed by atoms with Crippen LogP contribution in [0.1, 0.15) is 30.0 Å². The fraction of sp³-hybridized carbons (Fsp3) is 0.333. The topological polar surface area (TPSA) is 30.5 Å². The van der Waals surface area contributed by atoms with Crippen molar-refractivity contribution in [1.29, 1.82) is 0 Å². The molecule has 0 saturated carbocycles. The Hall–Kier alpha value is -2.36. The van der Waals surface area contributed by atoms with Crippen LogP contribution in [0.3, 0.4) is 0 Å². The molecule has 3 aromatic rings. The monoisotopic (exact) mass is 363 g/mol. The number of ether oxygens (including phenoxy) is 2. The van der Waals surface area contributed by atoms with Gasteiger partial charge >= 0.3 is 0 Å². The van der Waals surface area contributed by atoms with Crippen LogP contribution < -0.4 is 10.1 Å². The molecule has 0 heterocycles. The first-order chi connectivity index (χ1) is 13.3. The summed E-state index contributed by atoms with van der Waals surface area (Å²) in [6.07, 6.45) is 1.01. The Balaban J connectivity index is 1.74. The largest absolute Gasteiger partial charge is 0.489 e. The summed E-state index contributed by atoms with van der Waals surface area (Å²) in [5.74, 6) is 0.953. The molecular weight excluding hydrogens is 334 g/mol. The molecule has 0 atom stereocenters. The lowest BCUT2D eigenvalue weighted by Gasteiger charge is -2.16. The highest BCUT2D eigenvalue weighted by atomic mass is 16.5. The molecule has 0 fully saturated rings. The molecule has 3 nitrogen and oxygen atoms in total. The summed E-state index contributed by atoms with van der Waals surface area (Å²) in [6.45, 7) is 8.04. The first-order valence-corrected chi connectivity index (χ1v) is 9.76. The van der Waals surface area contributed by atoms with Crippen molar-refractivity contribution in [2.45, 2.75) is 33.4 Å². The Bertz CT molecular complexity index is 860. The van der Waals surface area contributed by atoms with Crippen LogP contribution >= 0.6 is 0 Å². The third kappa shape index (κ3) is 5.31. The van der Waals surface area contributed by atoms with E-state index in [1.54, 1.807) is 0 Å². The standard InChI is InChI=1S/C24H29NO2/c1-3-26-16-8-15-25-17-23-22-12-7-6-10-20(22)13-14-24(23)27-18-21-11-5-4-9-19(21)2/h4-7,9-14,25H,3,8,15-18H2,1-2H3. The highest BCUT2D eigenvalue weighted by Gasteiger charge is 2.09. The summed E-state index contributed by atoms with van der Waals surface area (Å²) in [5, 5.41) is 6.03. The van der Waals surface area contributed by atoms with Crippen molar-refractivity contribution in [3.8, 4) is 5.75 Å². The van der Waals surface area contributed by atoms with E-state index in [2.05, 4.69) is 72.9 Å². The maximum atomic E-state index is 6.24. The summed E-state index contributed by atoms with van der Waals surface area (Å²) in [6, 6.07) is 21.1. The summed E-state index contributed by atoms with van der Waals surface area (Å²) in [5.41, 5.74) is 3.70. The van der Waals surface area contributed by atoms with Crippen LogP contribution in [0.15, 0.2) is 60.7 Å². The van der Waals surface area contributed by atoms with Crippen molar-refractivity contribution >= 4 is 10.8 Å². The molecule has 0 bridgehead atoms. The second-order valence-electron chi connectivity index (χ2n) is 6.71. The smallest absolute Gasteiger partial charge is 0.124 e. The maximum absolute atomic E-state index is 6.24. The minimum absolute atomic E-state index is 0.586. The fourth-order valence-electron chi connectivity index (χ4n) is 3.22. The zero-order valence-corrected chi connectivity index (χ0v) is 16.3. The average Bonchev–Trinajstić information content (AvgIpc) is 2.70. The van der Waals surface area contributed by atoms with Gasteiger partial charge in [-0.05, 0) is 54.8 Å². The second-order valence-corrected chi connectivity index (χ2v) is 6.71. The van der Waals surface area contributed by atoms with Gasteiger partial charge in [0.25, 0.3) is 0 Å². The molecule has 0 saturated heterocycles. The molecule has 0 radical (unpaired) electrons. The lowest BCUT2D eigenvalue weighted by molar-refractivity contribution is 0.144. The molecule has 1 N–H and O–H groups in total. The summed E-state index contributed by atoms with van der Waals surface area (Å²) < 4.78 is 11.7. The zero-order chi connectivity index (χ0) is 18.9. The van der Waals surface area contributed by atoms with Crippen LogP contribution in [0.4, 0.5) is 0 Å². The van der Waals surface area contributed by atoms with E-state index in [0.717, 1.165) is 38.5 Å². The molecule has 27 heavy (non-hydrogen) atoms. The molecule has 0 aliphatic heterocycles. The SMILES string of the molecule is CCOCCCNCc1c(OCc2ccccc2C)ccc2ccccc12. The number of rotatable bonds is 10. The van der Waals surface area contributed by atoms with Crippen LogP contribution in [-0.2, 0) is 17.9 Å². The molecule has 0 aromatic heterocycles. The third-order valence-electron chi connectivity index (χ3n) is 4.79. The molecule has 0 spiro atoms. The van der Waals surface area contributed by atoms with E-state index in [4.69, 9.17) is 9.47 Å². The minimum Gasteiger partial charge on any atom is -0.489 e. The number of fused-ring (bicyclic) bond motifs is 1. The fourth-order valence-corrected chi connectivity index (χ4v) is 3.22. The van der Waals surface area contributed by atoms with Crippen molar-refractivity contribution in [2.75, 3.05) is 19.8 Å². The molecule has 3 aromatic carbocycles. The van der Waals surface area contributed by atoms with Crippen LogP contribution in [-0.4, -0.2) is 19.8 Å². The van der Waals surface area contributed by atoms with E-state index in [1.165, 1.54) is 27.5 Å². The molecule has 3 rings (SSSR count). The number of nitrogens with one attached hydrogen (secondary N) is 1. The van der Waals surface area contributed by atoms with E-state index in [0.29, 0.717) is 6.61 Å². The molecule has 0 amide bonds. The van der Waals surface area contributed by atoms with E-state index in [1.807, 2.05) is 6.92 Å². The van der Waals surface area contributed by atoms with Gasteiger partial charge in [0.1, 0.15) is 12.4 Å². The third-order valence-corrected chi connectivity index (χ3v) is 4.79. The molecular formula is C24H29NO2. The molecule has 0 unspecified atom stereocenters. The van der Waals surface area contributed by atoms with Gasteiger partial charge < -0.3 is 14.8 Å². The van der Waals surface area contributed by atoms with E-state index < -0.39 is 0 Å². The summed E-state index contributed by atoms with van der Waals surface area (Å²) >= 11 is 0. The van der Waals surface area contributed by atoms with Crippen molar-refractivity contribution in [3.05, 3.63) is 77.4 Å². The van der Waals surface area contributed by atoms with Crippen LogP contribution in [0.25, 0.3) is 10.8 Å². The normalized spacial score (nSPS) is 11.0. The van der Waals surface area contributed by atoms with Crippen LogP contribution in [0.5, 0.6) is 5.75 Å². The highest BCUT2D eigenvalue weighted by Crippen LogP contribution is 2.29. The van der Waals surface area contributed by atoms with Crippen LogP contribution in [0.2, 0.25) is 0 Å². The predicted octanol–water partition coefficient (Wildman–Crippen LogP) is 5.24. The van der Waals surface area contributed by atoms with Gasteiger partial charge in [-0.25, -0.2) is 0 Å². The van der Waals surface area contributed by atoms with Gasteiger partial charge in [0.05, 0.1) is 0 Å². The van der Waals surface area contributed by atoms with Gasteiger partial charge in [0.15, 0.2) is 0 Å². The molecule has 142 valence electrons. The van der Waals surface area contributed by atoms with E-state index in [-0.39, 0.29) is 0 Å². The van der Waals surface area contributed by atoms with E-state index >= 15 is 0 Å². The summed E-state index contributed by atoms with van der Waals surface area (Å²) in [7, 11) is 0. The predicted molar refractivity (Wildman–Crippen MR) is 112 cm³/mol. The van der Waals surface area contributed by atoms with Gasteiger partial charge in [0.2, 0.25) is 0 Å². The maximum Gasteiger partial charge on any atom is 0.124 e. The Morgan fingerprint density at radius 1 is 0.926 bits per heavy atom.